The number of methoxy groups -OCH3 is 1. The first-order valence-corrected chi connectivity index (χ1v) is 5.70. The maximum Gasteiger partial charge on any atom is 0.124 e. The predicted octanol–water partition coefficient (Wildman–Crippen LogP) is 2.24. The Balaban J connectivity index is 2.05. The first kappa shape index (κ1) is 12.4. The first-order valence-electron chi connectivity index (χ1n) is 5.70. The number of nitrogens with one attached hydrogen (secondary N) is 1. The van der Waals surface area contributed by atoms with Gasteiger partial charge < -0.3 is 19.7 Å². The van der Waals surface area contributed by atoms with Crippen molar-refractivity contribution < 1.29 is 14.4 Å². The van der Waals surface area contributed by atoms with Crippen LogP contribution in [0.4, 0.5) is 0 Å². The van der Waals surface area contributed by atoms with Gasteiger partial charge in [0.25, 0.3) is 0 Å². The molecule has 0 spiro atoms. The third-order valence-corrected chi connectivity index (χ3v) is 2.78. The zero-order chi connectivity index (χ0) is 13.0. The third kappa shape index (κ3) is 2.81. The van der Waals surface area contributed by atoms with Crippen LogP contribution < -0.4 is 10.1 Å². The van der Waals surface area contributed by atoms with Gasteiger partial charge in [0.15, 0.2) is 0 Å². The van der Waals surface area contributed by atoms with E-state index >= 15 is 0 Å². The highest BCUT2D eigenvalue weighted by Gasteiger charge is 2.11. The largest absolute Gasteiger partial charge is 0.508 e. The Morgan fingerprint density at radius 3 is 2.94 bits per heavy atom. The van der Waals surface area contributed by atoms with E-state index in [9.17, 15) is 5.11 Å². The lowest BCUT2D eigenvalue weighted by molar-refractivity contribution is 0.401. The van der Waals surface area contributed by atoms with Crippen molar-refractivity contribution in [2.75, 3.05) is 7.11 Å². The summed E-state index contributed by atoms with van der Waals surface area (Å²) in [6, 6.07) is 6.95. The Kier molecular flexibility index (Phi) is 3.84. The summed E-state index contributed by atoms with van der Waals surface area (Å²) < 4.78 is 9.90. The predicted molar refractivity (Wildman–Crippen MR) is 66.4 cm³/mol. The van der Waals surface area contributed by atoms with Gasteiger partial charge >= 0.3 is 0 Å². The topological polar surface area (TPSA) is 67.5 Å². The van der Waals surface area contributed by atoms with Crippen molar-refractivity contribution in [2.24, 2.45) is 0 Å². The van der Waals surface area contributed by atoms with Crippen molar-refractivity contribution in [2.45, 2.75) is 19.5 Å². The normalized spacial score (nSPS) is 12.3. The van der Waals surface area contributed by atoms with Crippen molar-refractivity contribution >= 4 is 0 Å². The summed E-state index contributed by atoms with van der Waals surface area (Å²) in [4.78, 5) is 0. The SMILES string of the molecule is COc1ccc(O)c(C(C)NCc2ccon2)c1. The fourth-order valence-corrected chi connectivity index (χ4v) is 1.70. The molecule has 0 fully saturated rings. The van der Waals surface area contributed by atoms with E-state index in [1.807, 2.05) is 13.0 Å². The second-order valence-corrected chi connectivity index (χ2v) is 4.02. The van der Waals surface area contributed by atoms with Crippen LogP contribution in [0.15, 0.2) is 35.1 Å². The zero-order valence-corrected chi connectivity index (χ0v) is 10.4. The number of aromatic nitrogens is 1. The van der Waals surface area contributed by atoms with Gasteiger partial charge in [-0.25, -0.2) is 0 Å². The van der Waals surface area contributed by atoms with E-state index < -0.39 is 0 Å². The molecule has 0 radical (unpaired) electrons. The minimum Gasteiger partial charge on any atom is -0.508 e. The maximum atomic E-state index is 9.83. The van der Waals surface area contributed by atoms with Crippen molar-refractivity contribution in [1.82, 2.24) is 10.5 Å². The number of aromatic hydroxyl groups is 1. The Labute approximate surface area is 105 Å². The Morgan fingerprint density at radius 2 is 2.28 bits per heavy atom. The van der Waals surface area contributed by atoms with E-state index in [0.29, 0.717) is 6.54 Å². The molecule has 0 bridgehead atoms. The van der Waals surface area contributed by atoms with Gasteiger partial charge in [0, 0.05) is 24.2 Å². The lowest BCUT2D eigenvalue weighted by atomic mass is 10.1. The first-order chi connectivity index (χ1) is 8.70. The standard InChI is InChI=1S/C13H16N2O3/c1-9(14-8-10-5-6-18-15-10)12-7-11(17-2)3-4-13(12)16/h3-7,9,14,16H,8H2,1-2H3. The van der Waals surface area contributed by atoms with Crippen LogP contribution in [0.3, 0.4) is 0 Å². The molecule has 0 aliphatic rings. The molecule has 0 saturated heterocycles. The molecule has 1 unspecified atom stereocenters. The molecule has 0 saturated carbocycles. The number of nitrogens with zero attached hydrogens (tertiary/aromatic N) is 1. The molecule has 1 heterocycles. The number of hydrogen-bond donors (Lipinski definition) is 2. The number of benzene rings is 1. The monoisotopic (exact) mass is 248 g/mol. The molecular weight excluding hydrogens is 232 g/mol. The Hall–Kier alpha value is -2.01. The molecule has 2 rings (SSSR count). The summed E-state index contributed by atoms with van der Waals surface area (Å²) >= 11 is 0. The smallest absolute Gasteiger partial charge is 0.124 e. The molecule has 2 N–H and O–H groups in total. The van der Waals surface area contributed by atoms with Crippen LogP contribution in [0.25, 0.3) is 0 Å². The number of rotatable bonds is 5. The summed E-state index contributed by atoms with van der Waals surface area (Å²) in [5, 5.41) is 16.9. The molecule has 0 aliphatic heterocycles. The van der Waals surface area contributed by atoms with Gasteiger partial charge in [-0.05, 0) is 25.1 Å². The van der Waals surface area contributed by atoms with Gasteiger partial charge in [0.1, 0.15) is 17.8 Å². The van der Waals surface area contributed by atoms with E-state index in [0.717, 1.165) is 17.0 Å². The molecule has 2 aromatic rings. The highest BCUT2D eigenvalue weighted by atomic mass is 16.5. The van der Waals surface area contributed by atoms with Crippen LogP contribution in [-0.2, 0) is 6.54 Å². The van der Waals surface area contributed by atoms with Gasteiger partial charge in [0.05, 0.1) is 12.8 Å². The van der Waals surface area contributed by atoms with Crippen LogP contribution >= 0.6 is 0 Å². The lowest BCUT2D eigenvalue weighted by Gasteiger charge is -2.15. The average molecular weight is 248 g/mol. The number of hydrogen-bond acceptors (Lipinski definition) is 5. The van der Waals surface area contributed by atoms with E-state index in [4.69, 9.17) is 9.26 Å². The van der Waals surface area contributed by atoms with Gasteiger partial charge in [-0.3, -0.25) is 0 Å². The summed E-state index contributed by atoms with van der Waals surface area (Å²) in [6.07, 6.45) is 1.53. The van der Waals surface area contributed by atoms with Crippen molar-refractivity contribution in [3.05, 3.63) is 41.8 Å². The Bertz CT molecular complexity index is 497. The molecule has 1 aromatic heterocycles. The third-order valence-electron chi connectivity index (χ3n) is 2.78. The van der Waals surface area contributed by atoms with Crippen LogP contribution in [0.1, 0.15) is 24.2 Å². The minimum absolute atomic E-state index is 0.0169. The molecular formula is C13H16N2O3. The van der Waals surface area contributed by atoms with E-state index in [1.54, 1.807) is 25.3 Å². The number of ether oxygens (including phenoxy) is 1. The van der Waals surface area contributed by atoms with Crippen LogP contribution in [-0.4, -0.2) is 17.4 Å². The zero-order valence-electron chi connectivity index (χ0n) is 10.4. The van der Waals surface area contributed by atoms with E-state index in [2.05, 4.69) is 10.5 Å². The molecule has 5 nitrogen and oxygen atoms in total. The van der Waals surface area contributed by atoms with Crippen LogP contribution in [0, 0.1) is 0 Å². The molecule has 1 aromatic carbocycles. The van der Waals surface area contributed by atoms with Crippen molar-refractivity contribution in [1.29, 1.82) is 0 Å². The summed E-state index contributed by atoms with van der Waals surface area (Å²) in [5.74, 6) is 0.967. The fourth-order valence-electron chi connectivity index (χ4n) is 1.70. The average Bonchev–Trinajstić information content (AvgIpc) is 2.89. The molecule has 0 aliphatic carbocycles. The summed E-state index contributed by atoms with van der Waals surface area (Å²) in [5.41, 5.74) is 1.61. The van der Waals surface area contributed by atoms with Gasteiger partial charge in [0.2, 0.25) is 0 Å². The lowest BCUT2D eigenvalue weighted by Crippen LogP contribution is -2.18. The van der Waals surface area contributed by atoms with Crippen LogP contribution in [0.2, 0.25) is 0 Å². The van der Waals surface area contributed by atoms with Crippen molar-refractivity contribution in [3.63, 3.8) is 0 Å². The highest BCUT2D eigenvalue weighted by molar-refractivity contribution is 5.41. The molecule has 1 atom stereocenters. The second-order valence-electron chi connectivity index (χ2n) is 4.02. The van der Waals surface area contributed by atoms with E-state index in [1.165, 1.54) is 6.26 Å². The summed E-state index contributed by atoms with van der Waals surface area (Å²) in [7, 11) is 1.60. The van der Waals surface area contributed by atoms with E-state index in [-0.39, 0.29) is 11.8 Å². The molecule has 5 heteroatoms. The quantitative estimate of drug-likeness (QED) is 0.849. The van der Waals surface area contributed by atoms with Crippen LogP contribution in [0.5, 0.6) is 11.5 Å². The van der Waals surface area contributed by atoms with Crippen molar-refractivity contribution in [3.8, 4) is 11.5 Å². The summed E-state index contributed by atoms with van der Waals surface area (Å²) in [6.45, 7) is 2.54. The van der Waals surface area contributed by atoms with Gasteiger partial charge in [-0.1, -0.05) is 5.16 Å². The number of phenols is 1. The van der Waals surface area contributed by atoms with Gasteiger partial charge in [-0.15, -0.1) is 0 Å². The molecule has 0 amide bonds. The van der Waals surface area contributed by atoms with Gasteiger partial charge in [-0.2, -0.15) is 0 Å². The molecule has 96 valence electrons. The second kappa shape index (κ2) is 5.55. The Morgan fingerprint density at radius 1 is 1.44 bits per heavy atom. The highest BCUT2D eigenvalue weighted by Crippen LogP contribution is 2.28. The maximum absolute atomic E-state index is 9.83. The minimum atomic E-state index is -0.0169. The number of phenolic OH excluding ortho intramolecular Hbond substituents is 1. The molecule has 18 heavy (non-hydrogen) atoms. The fraction of sp³-hybridized carbons (Fsp3) is 0.308.